The van der Waals surface area contributed by atoms with Crippen LogP contribution in [0.25, 0.3) is 0 Å². The van der Waals surface area contributed by atoms with Gasteiger partial charge in [-0.05, 0) is 46.1 Å². The molecule has 0 aromatic heterocycles. The number of esters is 1. The van der Waals surface area contributed by atoms with Gasteiger partial charge in [0.2, 0.25) is 0 Å². The molecule has 1 fully saturated rings. The first-order valence-electron chi connectivity index (χ1n) is 7.74. The number of hydrogen-bond donors (Lipinski definition) is 1. The second-order valence-corrected chi connectivity index (χ2v) is 5.41. The zero-order valence-corrected chi connectivity index (χ0v) is 13.1. The molecule has 0 aromatic carbocycles. The van der Waals surface area contributed by atoms with Gasteiger partial charge in [-0.2, -0.15) is 0 Å². The van der Waals surface area contributed by atoms with E-state index in [1.54, 1.807) is 0 Å². The van der Waals surface area contributed by atoms with E-state index in [9.17, 15) is 4.79 Å². The van der Waals surface area contributed by atoms with Crippen molar-refractivity contribution in [1.29, 1.82) is 0 Å². The van der Waals surface area contributed by atoms with Crippen molar-refractivity contribution in [3.63, 3.8) is 0 Å². The van der Waals surface area contributed by atoms with Crippen molar-refractivity contribution in [3.05, 3.63) is 0 Å². The summed E-state index contributed by atoms with van der Waals surface area (Å²) in [6.07, 6.45) is 3.76. The van der Waals surface area contributed by atoms with E-state index in [2.05, 4.69) is 12.2 Å². The van der Waals surface area contributed by atoms with Gasteiger partial charge in [0, 0.05) is 19.8 Å². The fraction of sp³-hybridized carbons (Fsp3) is 0.933. The third-order valence-corrected chi connectivity index (χ3v) is 3.62. The van der Waals surface area contributed by atoms with Gasteiger partial charge in [-0.1, -0.05) is 6.92 Å². The van der Waals surface area contributed by atoms with E-state index in [0.717, 1.165) is 39.0 Å². The van der Waals surface area contributed by atoms with Crippen molar-refractivity contribution >= 4 is 5.97 Å². The summed E-state index contributed by atoms with van der Waals surface area (Å²) < 4.78 is 16.3. The first-order valence-corrected chi connectivity index (χ1v) is 7.74. The van der Waals surface area contributed by atoms with Crippen LogP contribution in [0.3, 0.4) is 0 Å². The van der Waals surface area contributed by atoms with Gasteiger partial charge in [0.1, 0.15) is 5.54 Å². The standard InChI is InChI=1S/C15H29NO4/c1-4-9-16-15(3,14(17)19-5-2)8-12-20-13-6-10-18-11-7-13/h13,16H,4-12H2,1-3H3. The molecule has 1 heterocycles. The number of carbonyl (C=O) groups is 1. The summed E-state index contributed by atoms with van der Waals surface area (Å²) >= 11 is 0. The topological polar surface area (TPSA) is 56.8 Å². The molecule has 0 aromatic rings. The van der Waals surface area contributed by atoms with E-state index in [4.69, 9.17) is 14.2 Å². The Labute approximate surface area is 122 Å². The highest BCUT2D eigenvalue weighted by Crippen LogP contribution is 2.16. The maximum absolute atomic E-state index is 12.1. The molecule has 5 heteroatoms. The Morgan fingerprint density at radius 3 is 2.65 bits per heavy atom. The second kappa shape index (κ2) is 9.32. The van der Waals surface area contributed by atoms with Crippen LogP contribution in [-0.2, 0) is 19.0 Å². The molecule has 0 radical (unpaired) electrons. The van der Waals surface area contributed by atoms with Gasteiger partial charge in [-0.15, -0.1) is 0 Å². The zero-order chi connectivity index (χ0) is 14.8. The van der Waals surface area contributed by atoms with Crippen molar-refractivity contribution in [2.45, 2.75) is 58.1 Å². The molecule has 0 spiro atoms. The molecule has 0 bridgehead atoms. The first-order chi connectivity index (χ1) is 9.62. The van der Waals surface area contributed by atoms with Crippen molar-refractivity contribution in [2.75, 3.05) is 33.0 Å². The molecule has 1 saturated heterocycles. The lowest BCUT2D eigenvalue weighted by molar-refractivity contribution is -0.151. The minimum absolute atomic E-state index is 0.191. The molecule has 0 saturated carbocycles. The van der Waals surface area contributed by atoms with E-state index < -0.39 is 5.54 Å². The number of nitrogens with one attached hydrogen (secondary N) is 1. The zero-order valence-electron chi connectivity index (χ0n) is 13.1. The minimum atomic E-state index is -0.656. The molecule has 1 aliphatic heterocycles. The van der Waals surface area contributed by atoms with Crippen molar-refractivity contribution in [3.8, 4) is 0 Å². The highest BCUT2D eigenvalue weighted by atomic mass is 16.5. The smallest absolute Gasteiger partial charge is 0.326 e. The van der Waals surface area contributed by atoms with Gasteiger partial charge in [-0.25, -0.2) is 0 Å². The van der Waals surface area contributed by atoms with E-state index in [0.29, 0.717) is 19.6 Å². The number of ether oxygens (including phenoxy) is 3. The number of rotatable bonds is 9. The highest BCUT2D eigenvalue weighted by Gasteiger charge is 2.34. The molecule has 0 aliphatic carbocycles. The Morgan fingerprint density at radius 2 is 2.05 bits per heavy atom. The predicted octanol–water partition coefficient (Wildman–Crippen LogP) is 1.89. The van der Waals surface area contributed by atoms with Crippen molar-refractivity contribution in [2.24, 2.45) is 0 Å². The Bertz CT molecular complexity index is 279. The Morgan fingerprint density at radius 1 is 1.35 bits per heavy atom. The van der Waals surface area contributed by atoms with Gasteiger partial charge >= 0.3 is 5.97 Å². The van der Waals surface area contributed by atoms with Crippen LogP contribution in [0.1, 0.15) is 46.5 Å². The summed E-state index contributed by atoms with van der Waals surface area (Å²) in [5.74, 6) is -0.191. The van der Waals surface area contributed by atoms with Crippen molar-refractivity contribution in [1.82, 2.24) is 5.32 Å². The Hall–Kier alpha value is -0.650. The molecular weight excluding hydrogens is 258 g/mol. The quantitative estimate of drug-likeness (QED) is 0.656. The van der Waals surface area contributed by atoms with Gasteiger partial charge in [-0.3, -0.25) is 4.79 Å². The van der Waals surface area contributed by atoms with Gasteiger partial charge in [0.05, 0.1) is 12.7 Å². The Kier molecular flexibility index (Phi) is 8.11. The highest BCUT2D eigenvalue weighted by molar-refractivity contribution is 5.80. The van der Waals surface area contributed by atoms with E-state index in [1.165, 1.54) is 0 Å². The average molecular weight is 287 g/mol. The monoisotopic (exact) mass is 287 g/mol. The Balaban J connectivity index is 2.40. The third kappa shape index (κ3) is 5.77. The largest absolute Gasteiger partial charge is 0.465 e. The molecule has 1 atom stereocenters. The molecule has 1 unspecified atom stereocenters. The molecule has 20 heavy (non-hydrogen) atoms. The third-order valence-electron chi connectivity index (χ3n) is 3.62. The minimum Gasteiger partial charge on any atom is -0.465 e. The van der Waals surface area contributed by atoms with E-state index >= 15 is 0 Å². The molecule has 0 amide bonds. The fourth-order valence-corrected chi connectivity index (χ4v) is 2.23. The van der Waals surface area contributed by atoms with Crippen LogP contribution in [0.15, 0.2) is 0 Å². The van der Waals surface area contributed by atoms with Crippen LogP contribution in [-0.4, -0.2) is 50.6 Å². The summed E-state index contributed by atoms with van der Waals surface area (Å²) in [5, 5.41) is 3.29. The molecule has 1 N–H and O–H groups in total. The lowest BCUT2D eigenvalue weighted by Crippen LogP contribution is -2.51. The number of carbonyl (C=O) groups excluding carboxylic acids is 1. The molecular formula is C15H29NO4. The van der Waals surface area contributed by atoms with Gasteiger partial charge in [0.15, 0.2) is 0 Å². The van der Waals surface area contributed by atoms with E-state index in [1.807, 2.05) is 13.8 Å². The van der Waals surface area contributed by atoms with Crippen LogP contribution in [0.2, 0.25) is 0 Å². The lowest BCUT2D eigenvalue weighted by Gasteiger charge is -2.30. The SMILES string of the molecule is CCCNC(C)(CCOC1CCOCC1)C(=O)OCC. The summed E-state index contributed by atoms with van der Waals surface area (Å²) in [4.78, 5) is 12.1. The summed E-state index contributed by atoms with van der Waals surface area (Å²) in [5.41, 5.74) is -0.656. The molecule has 1 aliphatic rings. The van der Waals surface area contributed by atoms with Crippen LogP contribution in [0.5, 0.6) is 0 Å². The molecule has 5 nitrogen and oxygen atoms in total. The second-order valence-electron chi connectivity index (χ2n) is 5.41. The first kappa shape index (κ1) is 17.4. The normalized spacial score (nSPS) is 19.6. The van der Waals surface area contributed by atoms with Crippen LogP contribution >= 0.6 is 0 Å². The van der Waals surface area contributed by atoms with Crippen LogP contribution < -0.4 is 5.32 Å². The summed E-state index contributed by atoms with van der Waals surface area (Å²) in [6, 6.07) is 0. The molecule has 118 valence electrons. The maximum atomic E-state index is 12.1. The molecule has 1 rings (SSSR count). The number of hydrogen-bond acceptors (Lipinski definition) is 5. The maximum Gasteiger partial charge on any atom is 0.326 e. The fourth-order valence-electron chi connectivity index (χ4n) is 2.23. The van der Waals surface area contributed by atoms with Crippen LogP contribution in [0.4, 0.5) is 0 Å². The van der Waals surface area contributed by atoms with Crippen molar-refractivity contribution < 1.29 is 19.0 Å². The summed E-state index contributed by atoms with van der Waals surface area (Å²) in [7, 11) is 0. The van der Waals surface area contributed by atoms with Gasteiger partial charge < -0.3 is 19.5 Å². The summed E-state index contributed by atoms with van der Waals surface area (Å²) in [6.45, 7) is 9.12. The van der Waals surface area contributed by atoms with Gasteiger partial charge in [0.25, 0.3) is 0 Å². The van der Waals surface area contributed by atoms with Crippen LogP contribution in [0, 0.1) is 0 Å². The predicted molar refractivity (Wildman–Crippen MR) is 77.7 cm³/mol. The van der Waals surface area contributed by atoms with E-state index in [-0.39, 0.29) is 12.1 Å². The average Bonchev–Trinajstić information content (AvgIpc) is 2.46. The lowest BCUT2D eigenvalue weighted by atomic mass is 9.98.